The zero-order valence-corrected chi connectivity index (χ0v) is 17.5. The van der Waals surface area contributed by atoms with Crippen molar-refractivity contribution in [2.24, 2.45) is 0 Å². The molecule has 1 aromatic heterocycles. The van der Waals surface area contributed by atoms with Crippen LogP contribution in [-0.4, -0.2) is 42.7 Å². The molecule has 2 N–H and O–H groups in total. The Hall–Kier alpha value is -4.33. The average molecular weight is 431 g/mol. The number of methoxy groups -OCH3 is 2. The molecule has 0 radical (unpaired) electrons. The van der Waals surface area contributed by atoms with Crippen LogP contribution >= 0.6 is 0 Å². The van der Waals surface area contributed by atoms with Crippen LogP contribution in [0.4, 0.5) is 5.69 Å². The number of aromatic nitrogens is 2. The van der Waals surface area contributed by atoms with Crippen LogP contribution in [0.2, 0.25) is 0 Å². The van der Waals surface area contributed by atoms with Gasteiger partial charge in [0.1, 0.15) is 17.3 Å². The third kappa shape index (κ3) is 4.54. The second kappa shape index (κ2) is 9.22. The van der Waals surface area contributed by atoms with Gasteiger partial charge in [0.05, 0.1) is 36.5 Å². The number of H-pyrrole nitrogens is 1. The highest BCUT2D eigenvalue weighted by atomic mass is 16.5. The molecule has 1 heterocycles. The number of ether oxygens (including phenoxy) is 3. The summed E-state index contributed by atoms with van der Waals surface area (Å²) in [6.45, 7) is -0.449. The van der Waals surface area contributed by atoms with E-state index >= 15 is 0 Å². The Labute approximate surface area is 184 Å². The fraction of sp³-hybridized carbons (Fsp3) is 0.125. The van der Waals surface area contributed by atoms with Gasteiger partial charge in [0, 0.05) is 11.6 Å². The number of benzene rings is 3. The third-order valence-corrected chi connectivity index (χ3v) is 4.78. The van der Waals surface area contributed by atoms with Crippen molar-refractivity contribution >= 4 is 28.6 Å². The van der Waals surface area contributed by atoms with E-state index in [0.29, 0.717) is 34.1 Å². The van der Waals surface area contributed by atoms with Crippen molar-refractivity contribution in [1.29, 1.82) is 0 Å². The Bertz CT molecular complexity index is 1270. The van der Waals surface area contributed by atoms with Gasteiger partial charge in [-0.25, -0.2) is 9.78 Å². The quantitative estimate of drug-likeness (QED) is 0.428. The topological polar surface area (TPSA) is 103 Å². The highest BCUT2D eigenvalue weighted by molar-refractivity contribution is 5.98. The predicted molar refractivity (Wildman–Crippen MR) is 120 cm³/mol. The van der Waals surface area contributed by atoms with Gasteiger partial charge >= 0.3 is 5.97 Å². The molecule has 0 atom stereocenters. The minimum absolute atomic E-state index is 0.313. The lowest BCUT2D eigenvalue weighted by atomic mass is 10.2. The molecular weight excluding hydrogens is 410 g/mol. The van der Waals surface area contributed by atoms with E-state index < -0.39 is 18.5 Å². The number of fused-ring (bicyclic) bond motifs is 1. The van der Waals surface area contributed by atoms with Crippen LogP contribution in [-0.2, 0) is 9.53 Å². The number of carbonyl (C=O) groups excluding carboxylic acids is 2. The molecule has 0 bridgehead atoms. The summed E-state index contributed by atoms with van der Waals surface area (Å²) in [4.78, 5) is 32.5. The monoisotopic (exact) mass is 431 g/mol. The maximum Gasteiger partial charge on any atom is 0.338 e. The number of amides is 1. The molecule has 0 unspecified atom stereocenters. The number of nitrogens with one attached hydrogen (secondary N) is 2. The van der Waals surface area contributed by atoms with Crippen LogP contribution in [0.5, 0.6) is 11.5 Å². The second-order valence-corrected chi connectivity index (χ2v) is 6.87. The molecule has 0 saturated carbocycles. The third-order valence-electron chi connectivity index (χ3n) is 4.78. The Morgan fingerprint density at radius 2 is 1.78 bits per heavy atom. The van der Waals surface area contributed by atoms with E-state index in [1.807, 2.05) is 30.3 Å². The Kier molecular flexibility index (Phi) is 6.03. The zero-order chi connectivity index (χ0) is 22.5. The van der Waals surface area contributed by atoms with E-state index in [4.69, 9.17) is 14.2 Å². The van der Waals surface area contributed by atoms with Crippen molar-refractivity contribution in [1.82, 2.24) is 9.97 Å². The number of carbonyl (C=O) groups is 2. The fourth-order valence-electron chi connectivity index (χ4n) is 3.18. The molecular formula is C24H21N3O5. The molecule has 0 spiro atoms. The van der Waals surface area contributed by atoms with Crippen molar-refractivity contribution in [3.63, 3.8) is 0 Å². The molecule has 8 heteroatoms. The molecule has 4 rings (SSSR count). The first-order valence-electron chi connectivity index (χ1n) is 9.81. The van der Waals surface area contributed by atoms with Gasteiger partial charge in [-0.05, 0) is 30.3 Å². The molecule has 32 heavy (non-hydrogen) atoms. The SMILES string of the molecule is COc1ccc(OC)c(NC(=O)COC(=O)c2ccc3nc(-c4ccccc4)[nH]c3c2)c1. The van der Waals surface area contributed by atoms with E-state index in [1.165, 1.54) is 14.2 Å². The van der Waals surface area contributed by atoms with E-state index in [0.717, 1.165) is 11.1 Å². The van der Waals surface area contributed by atoms with Crippen molar-refractivity contribution in [2.75, 3.05) is 26.1 Å². The van der Waals surface area contributed by atoms with Crippen molar-refractivity contribution in [3.8, 4) is 22.9 Å². The highest BCUT2D eigenvalue weighted by Gasteiger charge is 2.14. The van der Waals surface area contributed by atoms with Crippen LogP contribution in [0, 0.1) is 0 Å². The number of imidazole rings is 1. The maximum atomic E-state index is 12.5. The summed E-state index contributed by atoms with van der Waals surface area (Å²) in [5.74, 6) is 0.609. The lowest BCUT2D eigenvalue weighted by Crippen LogP contribution is -2.21. The predicted octanol–water partition coefficient (Wildman–Crippen LogP) is 4.04. The molecule has 8 nitrogen and oxygen atoms in total. The minimum Gasteiger partial charge on any atom is -0.497 e. The summed E-state index contributed by atoms with van der Waals surface area (Å²) in [7, 11) is 3.01. The lowest BCUT2D eigenvalue weighted by molar-refractivity contribution is -0.119. The number of hydrogen-bond donors (Lipinski definition) is 2. The van der Waals surface area contributed by atoms with Gasteiger partial charge in [-0.2, -0.15) is 0 Å². The lowest BCUT2D eigenvalue weighted by Gasteiger charge is -2.12. The van der Waals surface area contributed by atoms with Crippen LogP contribution in [0.15, 0.2) is 66.7 Å². The molecule has 0 aliphatic carbocycles. The summed E-state index contributed by atoms with van der Waals surface area (Å²) in [6.07, 6.45) is 0. The van der Waals surface area contributed by atoms with Crippen LogP contribution in [0.25, 0.3) is 22.4 Å². The largest absolute Gasteiger partial charge is 0.497 e. The summed E-state index contributed by atoms with van der Waals surface area (Å²) < 4.78 is 15.6. The van der Waals surface area contributed by atoms with Gasteiger partial charge in [0.2, 0.25) is 0 Å². The fourth-order valence-corrected chi connectivity index (χ4v) is 3.18. The summed E-state index contributed by atoms with van der Waals surface area (Å²) in [5, 5.41) is 2.66. The van der Waals surface area contributed by atoms with Crippen molar-refractivity contribution in [3.05, 3.63) is 72.3 Å². The van der Waals surface area contributed by atoms with Gasteiger partial charge in [-0.15, -0.1) is 0 Å². The van der Waals surface area contributed by atoms with E-state index in [2.05, 4.69) is 15.3 Å². The molecule has 0 aliphatic heterocycles. The molecule has 0 aliphatic rings. The van der Waals surface area contributed by atoms with Crippen molar-refractivity contribution < 1.29 is 23.8 Å². The van der Waals surface area contributed by atoms with Crippen LogP contribution in [0.3, 0.4) is 0 Å². The number of hydrogen-bond acceptors (Lipinski definition) is 6. The smallest absolute Gasteiger partial charge is 0.338 e. The molecule has 1 amide bonds. The van der Waals surface area contributed by atoms with E-state index in [9.17, 15) is 9.59 Å². The first-order valence-corrected chi connectivity index (χ1v) is 9.81. The standard InChI is InChI=1S/C24H21N3O5/c1-30-17-9-11-21(31-2)20(13-17)25-22(28)14-32-24(29)16-8-10-18-19(12-16)27-23(26-18)15-6-4-3-5-7-15/h3-13H,14H2,1-2H3,(H,25,28)(H,26,27). The maximum absolute atomic E-state index is 12.5. The molecule has 162 valence electrons. The molecule has 0 saturated heterocycles. The van der Waals surface area contributed by atoms with Crippen LogP contribution in [0.1, 0.15) is 10.4 Å². The van der Waals surface area contributed by atoms with Crippen LogP contribution < -0.4 is 14.8 Å². The van der Waals surface area contributed by atoms with Gasteiger partial charge in [0.15, 0.2) is 6.61 Å². The number of nitrogens with zero attached hydrogens (tertiary/aromatic N) is 1. The summed E-state index contributed by atoms with van der Waals surface area (Å²) in [5.41, 5.74) is 3.09. The Morgan fingerprint density at radius 3 is 2.53 bits per heavy atom. The first-order chi connectivity index (χ1) is 15.6. The Morgan fingerprint density at radius 1 is 0.969 bits per heavy atom. The van der Waals surface area contributed by atoms with E-state index in [1.54, 1.807) is 36.4 Å². The number of rotatable bonds is 7. The summed E-state index contributed by atoms with van der Waals surface area (Å²) >= 11 is 0. The minimum atomic E-state index is -0.615. The molecule has 3 aromatic carbocycles. The second-order valence-electron chi connectivity index (χ2n) is 6.87. The Balaban J connectivity index is 1.42. The molecule has 0 fully saturated rings. The number of aromatic amines is 1. The average Bonchev–Trinajstić information content (AvgIpc) is 3.26. The van der Waals surface area contributed by atoms with Gasteiger partial charge < -0.3 is 24.5 Å². The highest BCUT2D eigenvalue weighted by Crippen LogP contribution is 2.28. The van der Waals surface area contributed by atoms with Crippen molar-refractivity contribution in [2.45, 2.75) is 0 Å². The zero-order valence-electron chi connectivity index (χ0n) is 17.5. The first kappa shape index (κ1) is 20.9. The summed E-state index contributed by atoms with van der Waals surface area (Å²) in [6, 6.07) is 19.7. The van der Waals surface area contributed by atoms with Gasteiger partial charge in [-0.1, -0.05) is 30.3 Å². The van der Waals surface area contributed by atoms with Gasteiger partial charge in [-0.3, -0.25) is 4.79 Å². The normalized spacial score (nSPS) is 10.6. The van der Waals surface area contributed by atoms with Gasteiger partial charge in [0.25, 0.3) is 5.91 Å². The number of esters is 1. The number of anilines is 1. The molecule has 4 aromatic rings. The van der Waals surface area contributed by atoms with E-state index in [-0.39, 0.29) is 0 Å².